The second kappa shape index (κ2) is 7.25. The van der Waals surface area contributed by atoms with E-state index >= 15 is 0 Å². The first-order valence-corrected chi connectivity index (χ1v) is 8.62. The van der Waals surface area contributed by atoms with Crippen LogP contribution >= 0.6 is 0 Å². The zero-order valence-electron chi connectivity index (χ0n) is 14.5. The van der Waals surface area contributed by atoms with E-state index in [0.29, 0.717) is 12.2 Å². The molecule has 0 atom stereocenters. The van der Waals surface area contributed by atoms with Crippen LogP contribution in [0.2, 0.25) is 0 Å². The molecule has 5 heteroatoms. The van der Waals surface area contributed by atoms with Gasteiger partial charge in [0.1, 0.15) is 5.69 Å². The normalized spacial score (nSPS) is 10.7. The molecule has 0 spiro atoms. The van der Waals surface area contributed by atoms with E-state index in [4.69, 9.17) is 0 Å². The van der Waals surface area contributed by atoms with Crippen LogP contribution in [0.3, 0.4) is 0 Å². The first-order valence-electron chi connectivity index (χ1n) is 8.62. The molecular weight excluding hydrogens is 338 g/mol. The maximum absolute atomic E-state index is 12.5. The maximum atomic E-state index is 12.5. The Labute approximate surface area is 155 Å². The van der Waals surface area contributed by atoms with Crippen molar-refractivity contribution < 1.29 is 4.79 Å². The van der Waals surface area contributed by atoms with Crippen molar-refractivity contribution in [3.05, 3.63) is 107 Å². The summed E-state index contributed by atoms with van der Waals surface area (Å²) in [7, 11) is 0. The van der Waals surface area contributed by atoms with Gasteiger partial charge in [-0.1, -0.05) is 54.6 Å². The van der Waals surface area contributed by atoms with E-state index in [1.54, 1.807) is 12.1 Å². The number of nitrogens with zero attached hydrogens (tertiary/aromatic N) is 2. The summed E-state index contributed by atoms with van der Waals surface area (Å²) in [6, 6.07) is 26.0. The summed E-state index contributed by atoms with van der Waals surface area (Å²) in [5, 5.41) is 9.34. The number of benzene rings is 3. The van der Waals surface area contributed by atoms with E-state index in [0.717, 1.165) is 16.3 Å². The highest BCUT2D eigenvalue weighted by Crippen LogP contribution is 2.15. The molecule has 0 saturated heterocycles. The van der Waals surface area contributed by atoms with Crippen LogP contribution in [0.4, 0.5) is 0 Å². The van der Waals surface area contributed by atoms with Gasteiger partial charge in [0, 0.05) is 12.6 Å². The number of hydrogen-bond donors (Lipinski definition) is 1. The fourth-order valence-corrected chi connectivity index (χ4v) is 2.91. The number of hydrogen-bond acceptors (Lipinski definition) is 3. The molecule has 0 saturated carbocycles. The summed E-state index contributed by atoms with van der Waals surface area (Å²) in [6.45, 7) is 0.385. The lowest BCUT2D eigenvalue weighted by Crippen LogP contribution is -2.28. The summed E-state index contributed by atoms with van der Waals surface area (Å²) >= 11 is 0. The van der Waals surface area contributed by atoms with Crippen molar-refractivity contribution in [1.82, 2.24) is 15.1 Å². The monoisotopic (exact) mass is 355 g/mol. The number of carbonyl (C=O) groups excluding carboxylic acids is 1. The number of nitrogens with one attached hydrogen (secondary N) is 1. The predicted molar refractivity (Wildman–Crippen MR) is 105 cm³/mol. The summed E-state index contributed by atoms with van der Waals surface area (Å²) in [5.41, 5.74) is 1.52. The van der Waals surface area contributed by atoms with Gasteiger partial charge in [-0.05, 0) is 40.6 Å². The SMILES string of the molecule is O=C(NCc1ccc2ccccc2c1)c1ccc(=O)n(-c2ccccc2)n1. The smallest absolute Gasteiger partial charge is 0.272 e. The minimum absolute atomic E-state index is 0.194. The van der Waals surface area contributed by atoms with Gasteiger partial charge in [0.25, 0.3) is 11.5 Å². The van der Waals surface area contributed by atoms with Crippen molar-refractivity contribution in [2.45, 2.75) is 6.54 Å². The molecule has 1 N–H and O–H groups in total. The molecule has 0 radical (unpaired) electrons. The maximum Gasteiger partial charge on any atom is 0.272 e. The highest BCUT2D eigenvalue weighted by Gasteiger charge is 2.10. The zero-order chi connectivity index (χ0) is 18.6. The Hall–Kier alpha value is -3.73. The van der Waals surface area contributed by atoms with E-state index < -0.39 is 0 Å². The minimum atomic E-state index is -0.326. The van der Waals surface area contributed by atoms with Crippen LogP contribution in [0, 0.1) is 0 Å². The van der Waals surface area contributed by atoms with Crippen molar-refractivity contribution in [3.8, 4) is 5.69 Å². The number of rotatable bonds is 4. The van der Waals surface area contributed by atoms with Crippen molar-refractivity contribution in [3.63, 3.8) is 0 Å². The largest absolute Gasteiger partial charge is 0.347 e. The first kappa shape index (κ1) is 16.7. The van der Waals surface area contributed by atoms with Crippen LogP contribution in [0.15, 0.2) is 89.7 Å². The van der Waals surface area contributed by atoms with Crippen molar-refractivity contribution in [2.75, 3.05) is 0 Å². The standard InChI is InChI=1S/C22H17N3O2/c26-21-13-12-20(24-25(21)19-8-2-1-3-9-19)22(27)23-15-16-10-11-17-6-4-5-7-18(17)14-16/h1-14H,15H2,(H,23,27). The molecule has 4 rings (SSSR count). The molecule has 1 heterocycles. The van der Waals surface area contributed by atoms with E-state index in [9.17, 15) is 9.59 Å². The van der Waals surface area contributed by atoms with Gasteiger partial charge in [-0.15, -0.1) is 0 Å². The summed E-state index contributed by atoms with van der Waals surface area (Å²) < 4.78 is 1.23. The van der Waals surface area contributed by atoms with Gasteiger partial charge in [0.05, 0.1) is 5.69 Å². The molecule has 1 amide bonds. The van der Waals surface area contributed by atoms with E-state index in [1.807, 2.05) is 54.6 Å². The van der Waals surface area contributed by atoms with Crippen LogP contribution in [-0.4, -0.2) is 15.7 Å². The molecule has 3 aromatic carbocycles. The molecule has 0 fully saturated rings. The second-order valence-electron chi connectivity index (χ2n) is 6.17. The lowest BCUT2D eigenvalue weighted by atomic mass is 10.1. The minimum Gasteiger partial charge on any atom is -0.347 e. The summed E-state index contributed by atoms with van der Waals surface area (Å²) in [5.74, 6) is -0.326. The fraction of sp³-hybridized carbons (Fsp3) is 0.0455. The van der Waals surface area contributed by atoms with Crippen molar-refractivity contribution in [1.29, 1.82) is 0 Å². The fourth-order valence-electron chi connectivity index (χ4n) is 2.91. The van der Waals surface area contributed by atoms with Gasteiger partial charge in [0.15, 0.2) is 0 Å². The lowest BCUT2D eigenvalue weighted by molar-refractivity contribution is 0.0944. The summed E-state index contributed by atoms with van der Waals surface area (Å²) in [4.78, 5) is 24.6. The predicted octanol–water partition coefficient (Wildman–Crippen LogP) is 3.32. The highest BCUT2D eigenvalue weighted by molar-refractivity contribution is 5.92. The molecule has 0 aliphatic carbocycles. The molecular formula is C22H17N3O2. The van der Waals surface area contributed by atoms with Gasteiger partial charge >= 0.3 is 0 Å². The topological polar surface area (TPSA) is 64.0 Å². The Bertz CT molecular complexity index is 1170. The van der Waals surface area contributed by atoms with Gasteiger partial charge < -0.3 is 5.32 Å². The lowest BCUT2D eigenvalue weighted by Gasteiger charge is -2.08. The average Bonchev–Trinajstić information content (AvgIpc) is 2.73. The molecule has 0 unspecified atom stereocenters. The van der Waals surface area contributed by atoms with Gasteiger partial charge in [-0.25, -0.2) is 0 Å². The quantitative estimate of drug-likeness (QED) is 0.611. The van der Waals surface area contributed by atoms with E-state index in [-0.39, 0.29) is 17.2 Å². The van der Waals surface area contributed by atoms with Gasteiger partial charge in [-0.3, -0.25) is 9.59 Å². The van der Waals surface area contributed by atoms with E-state index in [1.165, 1.54) is 16.8 Å². The second-order valence-corrected chi connectivity index (χ2v) is 6.17. The van der Waals surface area contributed by atoms with Crippen LogP contribution in [0.5, 0.6) is 0 Å². The van der Waals surface area contributed by atoms with Crippen LogP contribution in [-0.2, 0) is 6.54 Å². The van der Waals surface area contributed by atoms with Gasteiger partial charge in [-0.2, -0.15) is 9.78 Å². The Balaban J connectivity index is 1.53. The third-order valence-electron chi connectivity index (χ3n) is 4.30. The third kappa shape index (κ3) is 3.62. The molecule has 0 bridgehead atoms. The first-order chi connectivity index (χ1) is 13.2. The van der Waals surface area contributed by atoms with Crippen LogP contribution in [0.1, 0.15) is 16.1 Å². The molecule has 0 aliphatic heterocycles. The number of fused-ring (bicyclic) bond motifs is 1. The Morgan fingerprint density at radius 3 is 2.41 bits per heavy atom. The van der Waals surface area contributed by atoms with E-state index in [2.05, 4.69) is 16.5 Å². The Kier molecular flexibility index (Phi) is 4.49. The average molecular weight is 355 g/mol. The van der Waals surface area contributed by atoms with Crippen LogP contribution in [0.25, 0.3) is 16.5 Å². The number of carbonyl (C=O) groups is 1. The van der Waals surface area contributed by atoms with Crippen molar-refractivity contribution in [2.24, 2.45) is 0 Å². The molecule has 5 nitrogen and oxygen atoms in total. The van der Waals surface area contributed by atoms with Crippen LogP contribution < -0.4 is 10.9 Å². The number of amides is 1. The molecule has 0 aliphatic rings. The number of aromatic nitrogens is 2. The number of para-hydroxylation sites is 1. The molecule has 1 aromatic heterocycles. The van der Waals surface area contributed by atoms with Gasteiger partial charge in [0.2, 0.25) is 0 Å². The zero-order valence-corrected chi connectivity index (χ0v) is 14.5. The Morgan fingerprint density at radius 2 is 1.59 bits per heavy atom. The summed E-state index contributed by atoms with van der Waals surface area (Å²) in [6.07, 6.45) is 0. The van der Waals surface area contributed by atoms with Crippen molar-refractivity contribution >= 4 is 16.7 Å². The molecule has 4 aromatic rings. The molecule has 132 valence electrons. The highest BCUT2D eigenvalue weighted by atomic mass is 16.2. The molecule has 27 heavy (non-hydrogen) atoms. The third-order valence-corrected chi connectivity index (χ3v) is 4.30. The Morgan fingerprint density at radius 1 is 0.852 bits per heavy atom.